The van der Waals surface area contributed by atoms with E-state index in [2.05, 4.69) is 25.5 Å². The summed E-state index contributed by atoms with van der Waals surface area (Å²) in [4.78, 5) is 0.00240. The largest absolute Gasteiger partial charge is 0.495 e. The highest BCUT2D eigenvalue weighted by Gasteiger charge is 2.21. The van der Waals surface area contributed by atoms with E-state index in [9.17, 15) is 8.42 Å². The molecule has 0 aliphatic carbocycles. The van der Waals surface area contributed by atoms with Crippen molar-refractivity contribution < 1.29 is 17.9 Å². The fourth-order valence-electron chi connectivity index (χ4n) is 2.49. The summed E-state index contributed by atoms with van der Waals surface area (Å²) < 4.78 is 38.4. The van der Waals surface area contributed by atoms with Crippen LogP contribution in [0.15, 0.2) is 47.4 Å². The molecule has 0 aliphatic heterocycles. The van der Waals surface area contributed by atoms with Crippen molar-refractivity contribution in [3.8, 4) is 11.5 Å². The fraction of sp³-hybridized carbons (Fsp3) is 0.368. The topological polar surface area (TPSA) is 64.6 Å². The van der Waals surface area contributed by atoms with Crippen LogP contribution in [0.4, 0.5) is 0 Å². The molecule has 0 saturated carbocycles. The van der Waals surface area contributed by atoms with E-state index in [4.69, 9.17) is 21.1 Å². The van der Waals surface area contributed by atoms with Crippen LogP contribution in [0.3, 0.4) is 0 Å². The van der Waals surface area contributed by atoms with Crippen molar-refractivity contribution in [3.63, 3.8) is 0 Å². The molecule has 26 heavy (non-hydrogen) atoms. The van der Waals surface area contributed by atoms with Crippen LogP contribution in [0.2, 0.25) is 5.02 Å². The number of hydrogen-bond donors (Lipinski definition) is 1. The highest BCUT2D eigenvalue weighted by atomic mass is 35.5. The minimum absolute atomic E-state index is 0.00240. The Morgan fingerprint density at radius 3 is 2.42 bits per heavy atom. The van der Waals surface area contributed by atoms with E-state index in [1.807, 2.05) is 24.3 Å². The van der Waals surface area contributed by atoms with Gasteiger partial charge in [0.25, 0.3) is 0 Å². The molecule has 2 aromatic carbocycles. The van der Waals surface area contributed by atoms with E-state index >= 15 is 0 Å². The molecule has 0 radical (unpaired) electrons. The molecule has 7 heteroatoms. The van der Waals surface area contributed by atoms with Crippen molar-refractivity contribution in [2.45, 2.75) is 31.1 Å². The third-order valence-electron chi connectivity index (χ3n) is 3.76. The van der Waals surface area contributed by atoms with Gasteiger partial charge in [-0.15, -0.1) is 0 Å². The number of hydrogen-bond acceptors (Lipinski definition) is 4. The molecule has 0 saturated heterocycles. The molecule has 0 aromatic heterocycles. The molecule has 5 nitrogen and oxygen atoms in total. The van der Waals surface area contributed by atoms with Crippen LogP contribution in [-0.4, -0.2) is 28.7 Å². The monoisotopic (exact) mass is 397 g/mol. The van der Waals surface area contributed by atoms with Crippen molar-refractivity contribution in [2.24, 2.45) is 0 Å². The van der Waals surface area contributed by atoms with Crippen LogP contribution in [0.5, 0.6) is 11.5 Å². The highest BCUT2D eigenvalue weighted by molar-refractivity contribution is 7.89. The molecule has 142 valence electrons. The summed E-state index contributed by atoms with van der Waals surface area (Å²) in [5, 5.41) is 0.321. The van der Waals surface area contributed by atoms with Crippen LogP contribution >= 0.6 is 11.6 Å². The Kier molecular flexibility index (Phi) is 6.55. The first-order chi connectivity index (χ1) is 12.1. The van der Waals surface area contributed by atoms with Gasteiger partial charge in [-0.05, 0) is 35.2 Å². The number of benzene rings is 2. The lowest BCUT2D eigenvalue weighted by Crippen LogP contribution is -2.29. The van der Waals surface area contributed by atoms with Crippen molar-refractivity contribution in [1.29, 1.82) is 0 Å². The van der Waals surface area contributed by atoms with Gasteiger partial charge >= 0.3 is 0 Å². The SMILES string of the molecule is COc1ccc(Cl)cc1S(=O)(=O)NCCOc1ccccc1C(C)(C)C. The summed E-state index contributed by atoms with van der Waals surface area (Å²) in [6.07, 6.45) is 0. The summed E-state index contributed by atoms with van der Waals surface area (Å²) in [6.45, 7) is 6.63. The Morgan fingerprint density at radius 1 is 1.08 bits per heavy atom. The minimum Gasteiger partial charge on any atom is -0.495 e. The summed E-state index contributed by atoms with van der Waals surface area (Å²) in [7, 11) is -2.35. The first-order valence-corrected chi connectivity index (χ1v) is 10.1. The van der Waals surface area contributed by atoms with Gasteiger partial charge in [-0.2, -0.15) is 0 Å². The Hall–Kier alpha value is -1.76. The standard InChI is InChI=1S/C19H24ClNO4S/c1-19(2,3)15-7-5-6-8-16(15)25-12-11-21-26(22,23)18-13-14(20)9-10-17(18)24-4/h5-10,13,21H,11-12H2,1-4H3. The minimum atomic E-state index is -3.76. The quantitative estimate of drug-likeness (QED) is 0.717. The summed E-state index contributed by atoms with van der Waals surface area (Å²) in [5.41, 5.74) is 1.00. The van der Waals surface area contributed by atoms with E-state index in [-0.39, 0.29) is 29.2 Å². The normalized spacial score (nSPS) is 12.0. The van der Waals surface area contributed by atoms with Gasteiger partial charge in [0.1, 0.15) is 23.0 Å². The Morgan fingerprint density at radius 2 is 1.77 bits per heavy atom. The lowest BCUT2D eigenvalue weighted by molar-refractivity contribution is 0.313. The zero-order chi connectivity index (χ0) is 19.4. The van der Waals surface area contributed by atoms with E-state index in [0.717, 1.165) is 11.3 Å². The van der Waals surface area contributed by atoms with E-state index in [1.54, 1.807) is 6.07 Å². The Bertz CT molecular complexity index is 860. The van der Waals surface area contributed by atoms with Gasteiger partial charge < -0.3 is 9.47 Å². The molecule has 1 N–H and O–H groups in total. The average Bonchev–Trinajstić information content (AvgIpc) is 2.58. The smallest absolute Gasteiger partial charge is 0.244 e. The molecule has 0 amide bonds. The van der Waals surface area contributed by atoms with Crippen LogP contribution in [0.1, 0.15) is 26.3 Å². The van der Waals surface area contributed by atoms with Crippen molar-refractivity contribution in [2.75, 3.05) is 20.3 Å². The molecule has 0 aliphatic rings. The van der Waals surface area contributed by atoms with Gasteiger partial charge in [0, 0.05) is 11.6 Å². The zero-order valence-corrected chi connectivity index (χ0v) is 16.9. The second-order valence-electron chi connectivity index (χ2n) is 6.79. The first kappa shape index (κ1) is 20.6. The average molecular weight is 398 g/mol. The van der Waals surface area contributed by atoms with Gasteiger partial charge in [-0.3, -0.25) is 0 Å². The molecule has 0 spiro atoms. The zero-order valence-electron chi connectivity index (χ0n) is 15.4. The third-order valence-corrected chi connectivity index (χ3v) is 5.48. The van der Waals surface area contributed by atoms with Crippen LogP contribution in [0, 0.1) is 0 Å². The number of sulfonamides is 1. The Labute approximate surface area is 160 Å². The molecule has 0 bridgehead atoms. The van der Waals surface area contributed by atoms with Crippen molar-refractivity contribution in [3.05, 3.63) is 53.1 Å². The van der Waals surface area contributed by atoms with E-state index < -0.39 is 10.0 Å². The maximum atomic E-state index is 12.5. The predicted octanol–water partition coefficient (Wildman–Crippen LogP) is 4.00. The number of methoxy groups -OCH3 is 1. The molecular weight excluding hydrogens is 374 g/mol. The molecule has 0 unspecified atom stereocenters. The van der Waals surface area contributed by atoms with Crippen LogP contribution in [0.25, 0.3) is 0 Å². The van der Waals surface area contributed by atoms with Gasteiger partial charge in [-0.25, -0.2) is 13.1 Å². The molecule has 2 aromatic rings. The van der Waals surface area contributed by atoms with Crippen molar-refractivity contribution >= 4 is 21.6 Å². The van der Waals surface area contributed by atoms with E-state index in [0.29, 0.717) is 5.02 Å². The summed E-state index contributed by atoms with van der Waals surface area (Å²) in [6, 6.07) is 12.2. The number of para-hydroxylation sites is 1. The third kappa shape index (κ3) is 5.13. The second kappa shape index (κ2) is 8.29. The number of nitrogens with one attached hydrogen (secondary N) is 1. The molecule has 0 heterocycles. The fourth-order valence-corrected chi connectivity index (χ4v) is 3.93. The first-order valence-electron chi connectivity index (χ1n) is 8.20. The molecule has 2 rings (SSSR count). The molecule has 0 fully saturated rings. The molecule has 0 atom stereocenters. The van der Waals surface area contributed by atoms with Gasteiger partial charge in [0.2, 0.25) is 10.0 Å². The predicted molar refractivity (Wildman–Crippen MR) is 104 cm³/mol. The Balaban J connectivity index is 2.04. The maximum Gasteiger partial charge on any atom is 0.244 e. The lowest BCUT2D eigenvalue weighted by Gasteiger charge is -2.22. The van der Waals surface area contributed by atoms with Gasteiger partial charge in [-0.1, -0.05) is 50.6 Å². The van der Waals surface area contributed by atoms with Gasteiger partial charge in [0.15, 0.2) is 0 Å². The highest BCUT2D eigenvalue weighted by Crippen LogP contribution is 2.31. The van der Waals surface area contributed by atoms with Crippen LogP contribution in [-0.2, 0) is 15.4 Å². The van der Waals surface area contributed by atoms with Crippen LogP contribution < -0.4 is 14.2 Å². The summed E-state index contributed by atoms with van der Waals surface area (Å²) >= 11 is 5.91. The maximum absolute atomic E-state index is 12.5. The second-order valence-corrected chi connectivity index (χ2v) is 8.96. The van der Waals surface area contributed by atoms with Gasteiger partial charge in [0.05, 0.1) is 7.11 Å². The number of ether oxygens (including phenoxy) is 2. The lowest BCUT2D eigenvalue weighted by atomic mass is 9.86. The van der Waals surface area contributed by atoms with Crippen molar-refractivity contribution in [1.82, 2.24) is 4.72 Å². The summed E-state index contributed by atoms with van der Waals surface area (Å²) in [5.74, 6) is 0.987. The molecular formula is C19H24ClNO4S. The number of rotatable bonds is 7. The number of halogens is 1. The van der Waals surface area contributed by atoms with E-state index in [1.165, 1.54) is 19.2 Å².